The topological polar surface area (TPSA) is 51.2 Å². The largest absolute Gasteiger partial charge is 0.489 e. The van der Waals surface area contributed by atoms with Gasteiger partial charge in [0.15, 0.2) is 0 Å². The Morgan fingerprint density at radius 3 is 2.75 bits per heavy atom. The van der Waals surface area contributed by atoms with Crippen molar-refractivity contribution in [2.45, 2.75) is 25.9 Å². The van der Waals surface area contributed by atoms with E-state index in [9.17, 15) is 4.79 Å². The highest BCUT2D eigenvalue weighted by atomic mass is 16.5. The molecule has 1 amide bonds. The lowest BCUT2D eigenvalue weighted by Gasteiger charge is -2.11. The fraction of sp³-hybridized carbons (Fsp3) is 0.200. The van der Waals surface area contributed by atoms with Gasteiger partial charge < -0.3 is 10.1 Å². The summed E-state index contributed by atoms with van der Waals surface area (Å²) in [6.07, 6.45) is 1.80. The molecule has 2 atom stereocenters. The fourth-order valence-electron chi connectivity index (χ4n) is 3.16. The van der Waals surface area contributed by atoms with Gasteiger partial charge in [-0.25, -0.2) is 0 Å². The van der Waals surface area contributed by atoms with Crippen LogP contribution in [0, 0.1) is 0 Å². The lowest BCUT2D eigenvalue weighted by Crippen LogP contribution is -2.14. The summed E-state index contributed by atoms with van der Waals surface area (Å²) in [5.41, 5.74) is 3.14. The molecule has 2 aromatic carbocycles. The summed E-state index contributed by atoms with van der Waals surface area (Å²) in [4.78, 5) is 17.2. The Balaban J connectivity index is 1.71. The molecular formula is C20H18N2O2. The van der Waals surface area contributed by atoms with Gasteiger partial charge in [0.05, 0.1) is 16.8 Å². The first kappa shape index (κ1) is 14.7. The molecule has 0 saturated carbocycles. The number of pyridine rings is 1. The fourth-order valence-corrected chi connectivity index (χ4v) is 3.16. The number of para-hydroxylation sites is 2. The predicted molar refractivity (Wildman–Crippen MR) is 94.6 cm³/mol. The van der Waals surface area contributed by atoms with Gasteiger partial charge in [0.2, 0.25) is 0 Å². The van der Waals surface area contributed by atoms with Crippen LogP contribution < -0.4 is 10.1 Å². The van der Waals surface area contributed by atoms with Crippen molar-refractivity contribution in [2.75, 3.05) is 5.32 Å². The highest BCUT2D eigenvalue weighted by Gasteiger charge is 2.31. The smallest absolute Gasteiger partial charge is 0.259 e. The quantitative estimate of drug-likeness (QED) is 0.763. The average molecular weight is 318 g/mol. The van der Waals surface area contributed by atoms with Crippen LogP contribution in [0.3, 0.4) is 0 Å². The third-order valence-corrected chi connectivity index (χ3v) is 4.67. The van der Waals surface area contributed by atoms with Crippen molar-refractivity contribution in [1.29, 1.82) is 0 Å². The maximum atomic E-state index is 12.8. The molecule has 0 fully saturated rings. The van der Waals surface area contributed by atoms with E-state index in [2.05, 4.69) is 17.2 Å². The van der Waals surface area contributed by atoms with E-state index in [4.69, 9.17) is 4.74 Å². The summed E-state index contributed by atoms with van der Waals surface area (Å²) in [7, 11) is 0. The van der Waals surface area contributed by atoms with E-state index >= 15 is 0 Å². The third kappa shape index (κ3) is 2.31. The van der Waals surface area contributed by atoms with Crippen molar-refractivity contribution < 1.29 is 9.53 Å². The van der Waals surface area contributed by atoms with E-state index in [1.807, 2.05) is 49.4 Å². The second kappa shape index (κ2) is 5.64. The molecule has 0 spiro atoms. The maximum Gasteiger partial charge on any atom is 0.259 e. The van der Waals surface area contributed by atoms with Gasteiger partial charge in [-0.3, -0.25) is 9.78 Å². The number of hydrogen-bond donors (Lipinski definition) is 1. The van der Waals surface area contributed by atoms with E-state index in [1.165, 1.54) is 0 Å². The Labute approximate surface area is 140 Å². The number of fused-ring (bicyclic) bond motifs is 2. The van der Waals surface area contributed by atoms with E-state index in [-0.39, 0.29) is 17.9 Å². The zero-order valence-corrected chi connectivity index (χ0v) is 13.6. The van der Waals surface area contributed by atoms with Gasteiger partial charge >= 0.3 is 0 Å². The number of aromatic nitrogens is 1. The third-order valence-electron chi connectivity index (χ3n) is 4.67. The summed E-state index contributed by atoms with van der Waals surface area (Å²) in [6, 6.07) is 15.4. The van der Waals surface area contributed by atoms with Crippen LogP contribution in [0.5, 0.6) is 5.75 Å². The molecule has 4 heteroatoms. The first-order chi connectivity index (χ1) is 11.6. The summed E-state index contributed by atoms with van der Waals surface area (Å²) >= 11 is 0. The molecule has 0 bridgehead atoms. The van der Waals surface area contributed by atoms with E-state index in [0.29, 0.717) is 17.0 Å². The monoisotopic (exact) mass is 318 g/mol. The van der Waals surface area contributed by atoms with Gasteiger partial charge in [-0.05, 0) is 25.1 Å². The first-order valence-electron chi connectivity index (χ1n) is 8.10. The minimum atomic E-state index is -0.175. The van der Waals surface area contributed by atoms with Gasteiger partial charge in [-0.1, -0.05) is 37.3 Å². The minimum absolute atomic E-state index is 0.0770. The Kier molecular flexibility index (Phi) is 3.45. The number of carbonyl (C=O) groups is 1. The summed E-state index contributed by atoms with van der Waals surface area (Å²) < 4.78 is 5.92. The van der Waals surface area contributed by atoms with E-state index in [0.717, 1.165) is 16.5 Å². The van der Waals surface area contributed by atoms with Crippen molar-refractivity contribution in [3.05, 3.63) is 65.9 Å². The van der Waals surface area contributed by atoms with Crippen LogP contribution in [-0.2, 0) is 0 Å². The molecule has 2 unspecified atom stereocenters. The molecule has 1 N–H and O–H groups in total. The van der Waals surface area contributed by atoms with Crippen LogP contribution >= 0.6 is 0 Å². The Bertz CT molecular complexity index is 931. The lowest BCUT2D eigenvalue weighted by atomic mass is 9.97. The molecule has 4 nitrogen and oxygen atoms in total. The molecule has 3 aromatic rings. The van der Waals surface area contributed by atoms with Crippen LogP contribution in [0.15, 0.2) is 54.7 Å². The lowest BCUT2D eigenvalue weighted by molar-refractivity contribution is 0.102. The zero-order valence-electron chi connectivity index (χ0n) is 13.6. The number of carbonyl (C=O) groups excluding carboxylic acids is 1. The molecule has 0 aliphatic carbocycles. The summed E-state index contributed by atoms with van der Waals surface area (Å²) in [5, 5.41) is 3.97. The van der Waals surface area contributed by atoms with Gasteiger partial charge in [0.1, 0.15) is 11.9 Å². The van der Waals surface area contributed by atoms with Crippen LogP contribution in [-0.4, -0.2) is 17.0 Å². The average Bonchev–Trinajstić information content (AvgIpc) is 2.90. The van der Waals surface area contributed by atoms with Crippen LogP contribution in [0.4, 0.5) is 5.69 Å². The molecular weight excluding hydrogens is 300 g/mol. The highest BCUT2D eigenvalue weighted by molar-refractivity contribution is 6.10. The molecule has 1 aliphatic heterocycles. The summed E-state index contributed by atoms with van der Waals surface area (Å²) in [5.74, 6) is 0.807. The molecule has 1 aromatic heterocycles. The number of nitrogens with zero attached hydrogens (tertiary/aromatic N) is 1. The van der Waals surface area contributed by atoms with Crippen molar-refractivity contribution >= 4 is 22.5 Å². The minimum Gasteiger partial charge on any atom is -0.489 e. The van der Waals surface area contributed by atoms with E-state index in [1.54, 1.807) is 12.3 Å². The van der Waals surface area contributed by atoms with Crippen LogP contribution in [0.25, 0.3) is 10.9 Å². The number of hydrogen-bond acceptors (Lipinski definition) is 3. The number of anilines is 1. The molecule has 2 heterocycles. The second-order valence-electron chi connectivity index (χ2n) is 6.17. The van der Waals surface area contributed by atoms with Gasteiger partial charge in [-0.15, -0.1) is 0 Å². The molecule has 120 valence electrons. The Morgan fingerprint density at radius 1 is 1.08 bits per heavy atom. The maximum absolute atomic E-state index is 12.8. The molecule has 1 aliphatic rings. The van der Waals surface area contributed by atoms with E-state index < -0.39 is 0 Å². The number of ether oxygens (including phenoxy) is 1. The molecule has 24 heavy (non-hydrogen) atoms. The van der Waals surface area contributed by atoms with Crippen molar-refractivity contribution in [3.8, 4) is 5.75 Å². The molecule has 4 rings (SSSR count). The van der Waals surface area contributed by atoms with Crippen LogP contribution in [0.2, 0.25) is 0 Å². The molecule has 0 radical (unpaired) electrons. The standard InChI is InChI=1S/C20H18N2O2/c1-12-13(2)24-19-15(12)8-4-9-16(19)20(23)22-17-10-3-6-14-7-5-11-21-18(14)17/h3-13H,1-2H3,(H,22,23). The number of amides is 1. The predicted octanol–water partition coefficient (Wildman–Crippen LogP) is 4.37. The van der Waals surface area contributed by atoms with Crippen molar-refractivity contribution in [3.63, 3.8) is 0 Å². The highest BCUT2D eigenvalue weighted by Crippen LogP contribution is 2.40. The zero-order chi connectivity index (χ0) is 16.7. The van der Waals surface area contributed by atoms with Gasteiger partial charge in [0.25, 0.3) is 5.91 Å². The van der Waals surface area contributed by atoms with Gasteiger partial charge in [-0.2, -0.15) is 0 Å². The SMILES string of the molecule is CC1Oc2c(C(=O)Nc3cccc4cccnc34)cccc2C1C. The first-order valence-corrected chi connectivity index (χ1v) is 8.10. The summed E-state index contributed by atoms with van der Waals surface area (Å²) in [6.45, 7) is 4.15. The second-order valence-corrected chi connectivity index (χ2v) is 6.17. The van der Waals surface area contributed by atoms with Gasteiger partial charge in [0, 0.05) is 23.1 Å². The Morgan fingerprint density at radius 2 is 1.88 bits per heavy atom. The normalized spacial score (nSPS) is 18.9. The van der Waals surface area contributed by atoms with Crippen molar-refractivity contribution in [1.82, 2.24) is 4.98 Å². The number of rotatable bonds is 2. The van der Waals surface area contributed by atoms with Crippen LogP contribution in [0.1, 0.15) is 35.7 Å². The van der Waals surface area contributed by atoms with Crippen molar-refractivity contribution in [2.24, 2.45) is 0 Å². The number of benzene rings is 2. The Hall–Kier alpha value is -2.88. The molecule has 0 saturated heterocycles. The number of nitrogens with one attached hydrogen (secondary N) is 1.